The topological polar surface area (TPSA) is 63.3 Å². The van der Waals surface area contributed by atoms with E-state index in [9.17, 15) is 4.79 Å². The second-order valence-corrected chi connectivity index (χ2v) is 2.37. The highest BCUT2D eigenvalue weighted by Crippen LogP contribution is 2.19. The summed E-state index contributed by atoms with van der Waals surface area (Å²) < 4.78 is 0. The molecular formula is C9H9NO2. The maximum Gasteiger partial charge on any atom is 0.335 e. The molecule has 0 heterocycles. The van der Waals surface area contributed by atoms with Gasteiger partial charge < -0.3 is 10.8 Å². The molecule has 1 aromatic carbocycles. The molecule has 62 valence electrons. The van der Waals surface area contributed by atoms with Crippen molar-refractivity contribution >= 4 is 17.2 Å². The molecule has 0 saturated carbocycles. The minimum atomic E-state index is -1.05. The monoisotopic (exact) mass is 163 g/mol. The van der Waals surface area contributed by atoms with E-state index in [0.29, 0.717) is 11.3 Å². The largest absolute Gasteiger partial charge is 0.478 e. The first-order valence-electron chi connectivity index (χ1n) is 3.40. The van der Waals surface area contributed by atoms with Crippen LogP contribution >= 0.6 is 0 Å². The number of carboxylic acids is 1. The van der Waals surface area contributed by atoms with Crippen molar-refractivity contribution in [3.05, 3.63) is 36.4 Å². The molecule has 12 heavy (non-hydrogen) atoms. The molecule has 0 aliphatic carbocycles. The number of anilines is 1. The van der Waals surface area contributed by atoms with E-state index in [-0.39, 0.29) is 5.57 Å². The van der Waals surface area contributed by atoms with E-state index in [4.69, 9.17) is 10.8 Å². The number of aliphatic carboxylic acids is 1. The fourth-order valence-corrected chi connectivity index (χ4v) is 0.887. The van der Waals surface area contributed by atoms with Crippen LogP contribution in [0.25, 0.3) is 5.57 Å². The number of carbonyl (C=O) groups is 1. The molecule has 0 fully saturated rings. The van der Waals surface area contributed by atoms with Crippen molar-refractivity contribution in [1.29, 1.82) is 0 Å². The summed E-state index contributed by atoms with van der Waals surface area (Å²) in [5.41, 5.74) is 6.47. The van der Waals surface area contributed by atoms with Gasteiger partial charge in [-0.1, -0.05) is 24.8 Å². The molecule has 0 saturated heterocycles. The van der Waals surface area contributed by atoms with Gasteiger partial charge in [0.2, 0.25) is 0 Å². The van der Waals surface area contributed by atoms with Crippen LogP contribution in [-0.4, -0.2) is 11.1 Å². The van der Waals surface area contributed by atoms with Crippen molar-refractivity contribution in [2.24, 2.45) is 0 Å². The third-order valence-corrected chi connectivity index (χ3v) is 1.54. The lowest BCUT2D eigenvalue weighted by Crippen LogP contribution is -2.01. The van der Waals surface area contributed by atoms with Gasteiger partial charge in [-0.2, -0.15) is 0 Å². The third kappa shape index (κ3) is 1.45. The zero-order chi connectivity index (χ0) is 9.14. The van der Waals surface area contributed by atoms with E-state index in [1.807, 2.05) is 0 Å². The van der Waals surface area contributed by atoms with Gasteiger partial charge in [-0.3, -0.25) is 0 Å². The summed E-state index contributed by atoms with van der Waals surface area (Å²) in [6, 6.07) is 6.74. The number of hydrogen-bond acceptors (Lipinski definition) is 2. The number of nitrogen functional groups attached to an aromatic ring is 1. The minimum Gasteiger partial charge on any atom is -0.478 e. The van der Waals surface area contributed by atoms with E-state index >= 15 is 0 Å². The molecule has 0 atom stereocenters. The van der Waals surface area contributed by atoms with Crippen molar-refractivity contribution in [2.75, 3.05) is 5.73 Å². The highest BCUT2D eigenvalue weighted by atomic mass is 16.4. The lowest BCUT2D eigenvalue weighted by molar-refractivity contribution is -0.130. The van der Waals surface area contributed by atoms with Crippen LogP contribution in [0.2, 0.25) is 0 Å². The van der Waals surface area contributed by atoms with Gasteiger partial charge in [0.1, 0.15) is 0 Å². The van der Waals surface area contributed by atoms with Crippen LogP contribution in [0.3, 0.4) is 0 Å². The Balaban J connectivity index is 3.11. The van der Waals surface area contributed by atoms with Gasteiger partial charge in [0.05, 0.1) is 5.57 Å². The summed E-state index contributed by atoms with van der Waals surface area (Å²) in [6.07, 6.45) is 0. The van der Waals surface area contributed by atoms with Gasteiger partial charge in [0.25, 0.3) is 0 Å². The van der Waals surface area contributed by atoms with Crippen molar-refractivity contribution < 1.29 is 9.90 Å². The molecule has 0 aliphatic rings. The average molecular weight is 163 g/mol. The van der Waals surface area contributed by atoms with E-state index in [0.717, 1.165) is 0 Å². The molecule has 0 aliphatic heterocycles. The summed E-state index contributed by atoms with van der Waals surface area (Å²) in [7, 11) is 0. The number of nitrogens with two attached hydrogens (primary N) is 1. The summed E-state index contributed by atoms with van der Waals surface area (Å²) in [4.78, 5) is 10.5. The Hall–Kier alpha value is -1.77. The van der Waals surface area contributed by atoms with Crippen LogP contribution in [0.1, 0.15) is 5.56 Å². The zero-order valence-electron chi connectivity index (χ0n) is 6.45. The van der Waals surface area contributed by atoms with Crippen molar-refractivity contribution in [3.8, 4) is 0 Å². The molecule has 0 amide bonds. The quantitative estimate of drug-likeness (QED) is 0.511. The van der Waals surface area contributed by atoms with Crippen LogP contribution in [0, 0.1) is 0 Å². The number of para-hydroxylation sites is 1. The maximum absolute atomic E-state index is 10.5. The van der Waals surface area contributed by atoms with Crippen molar-refractivity contribution in [2.45, 2.75) is 0 Å². The van der Waals surface area contributed by atoms with Crippen LogP contribution in [0.4, 0.5) is 5.69 Å². The van der Waals surface area contributed by atoms with Crippen molar-refractivity contribution in [1.82, 2.24) is 0 Å². The smallest absolute Gasteiger partial charge is 0.335 e. The molecule has 0 spiro atoms. The first-order valence-corrected chi connectivity index (χ1v) is 3.40. The summed E-state index contributed by atoms with van der Waals surface area (Å²) >= 11 is 0. The predicted octanol–water partition coefficient (Wildman–Crippen LogP) is 1.37. The van der Waals surface area contributed by atoms with Gasteiger partial charge in [-0.25, -0.2) is 4.79 Å². The van der Waals surface area contributed by atoms with E-state index < -0.39 is 5.97 Å². The van der Waals surface area contributed by atoms with Gasteiger partial charge in [-0.05, 0) is 6.07 Å². The zero-order valence-corrected chi connectivity index (χ0v) is 6.45. The van der Waals surface area contributed by atoms with Gasteiger partial charge >= 0.3 is 5.97 Å². The Kier molecular flexibility index (Phi) is 2.14. The van der Waals surface area contributed by atoms with E-state index in [1.54, 1.807) is 24.3 Å². The highest BCUT2D eigenvalue weighted by Gasteiger charge is 2.08. The lowest BCUT2D eigenvalue weighted by Gasteiger charge is -2.03. The van der Waals surface area contributed by atoms with E-state index in [1.165, 1.54) is 0 Å². The normalized spacial score (nSPS) is 9.33. The Morgan fingerprint density at radius 2 is 2.00 bits per heavy atom. The number of carboxylic acid groups (broad SMARTS) is 1. The molecule has 3 N–H and O–H groups in total. The number of rotatable bonds is 2. The van der Waals surface area contributed by atoms with Crippen LogP contribution in [0.15, 0.2) is 30.8 Å². The Labute approximate surface area is 70.1 Å². The predicted molar refractivity (Wildman–Crippen MR) is 47.5 cm³/mol. The molecule has 0 aromatic heterocycles. The van der Waals surface area contributed by atoms with Crippen LogP contribution in [0.5, 0.6) is 0 Å². The molecule has 0 bridgehead atoms. The maximum atomic E-state index is 10.5. The second-order valence-electron chi connectivity index (χ2n) is 2.37. The minimum absolute atomic E-state index is 0.0214. The molecular weight excluding hydrogens is 154 g/mol. The highest BCUT2D eigenvalue weighted by molar-refractivity contribution is 6.16. The Morgan fingerprint density at radius 1 is 1.42 bits per heavy atom. The molecule has 0 unspecified atom stereocenters. The SMILES string of the molecule is C=C(C(=O)O)c1ccccc1N. The average Bonchev–Trinajstić information content (AvgIpc) is 2.04. The summed E-state index contributed by atoms with van der Waals surface area (Å²) in [6.45, 7) is 3.41. The van der Waals surface area contributed by atoms with Gasteiger partial charge in [-0.15, -0.1) is 0 Å². The molecule has 1 aromatic rings. The third-order valence-electron chi connectivity index (χ3n) is 1.54. The standard InChI is InChI=1S/C9H9NO2/c1-6(9(11)12)7-4-2-3-5-8(7)10/h2-5H,1,10H2,(H,11,12). The molecule has 0 radical (unpaired) electrons. The molecule has 1 rings (SSSR count). The number of benzene rings is 1. The van der Waals surface area contributed by atoms with E-state index in [2.05, 4.69) is 6.58 Å². The lowest BCUT2D eigenvalue weighted by atomic mass is 10.1. The Bertz CT molecular complexity index is 331. The molecule has 3 heteroatoms. The Morgan fingerprint density at radius 3 is 2.50 bits per heavy atom. The second kappa shape index (κ2) is 3.09. The van der Waals surface area contributed by atoms with Crippen LogP contribution in [-0.2, 0) is 4.79 Å². The summed E-state index contributed by atoms with van der Waals surface area (Å²) in [5.74, 6) is -1.05. The molecule has 3 nitrogen and oxygen atoms in total. The van der Waals surface area contributed by atoms with Gasteiger partial charge in [0.15, 0.2) is 0 Å². The fourth-order valence-electron chi connectivity index (χ4n) is 0.887. The van der Waals surface area contributed by atoms with Crippen LogP contribution < -0.4 is 5.73 Å². The van der Waals surface area contributed by atoms with Crippen molar-refractivity contribution in [3.63, 3.8) is 0 Å². The first kappa shape index (κ1) is 8.33. The summed E-state index contributed by atoms with van der Waals surface area (Å²) in [5, 5.41) is 8.60. The fraction of sp³-hybridized carbons (Fsp3) is 0. The van der Waals surface area contributed by atoms with Gasteiger partial charge in [0, 0.05) is 11.3 Å². The number of hydrogen-bond donors (Lipinski definition) is 2. The first-order chi connectivity index (χ1) is 5.63.